The summed E-state index contributed by atoms with van der Waals surface area (Å²) in [5.74, 6) is -5.89. The number of halogens is 6. The Labute approximate surface area is 492 Å². The highest BCUT2D eigenvalue weighted by atomic mass is 35.5. The number of alkyl halides is 3. The topological polar surface area (TPSA) is 227 Å². The molecule has 9 aromatic rings. The molecule has 0 aliphatic rings. The zero-order chi connectivity index (χ0) is 62.1. The van der Waals surface area contributed by atoms with Gasteiger partial charge in [0.15, 0.2) is 6.61 Å². The summed E-state index contributed by atoms with van der Waals surface area (Å²) in [5.41, 5.74) is 3.58. The lowest BCUT2D eigenvalue weighted by Gasteiger charge is -2.13. The van der Waals surface area contributed by atoms with Gasteiger partial charge in [0, 0.05) is 5.69 Å². The van der Waals surface area contributed by atoms with Gasteiger partial charge in [0.05, 0.1) is 63.5 Å². The van der Waals surface area contributed by atoms with Crippen molar-refractivity contribution in [1.29, 1.82) is 0 Å². The number of aromatic carboxylic acids is 3. The molecule has 0 saturated carbocycles. The summed E-state index contributed by atoms with van der Waals surface area (Å²) in [6.45, 7) is 1.06. The van der Waals surface area contributed by atoms with E-state index < -0.39 is 60.0 Å². The molecule has 0 aromatic heterocycles. The van der Waals surface area contributed by atoms with E-state index in [0.717, 1.165) is 28.5 Å². The van der Waals surface area contributed by atoms with E-state index in [-0.39, 0.29) is 61.1 Å². The quantitative estimate of drug-likeness (QED) is 0.0468. The largest absolute Gasteiger partial charge is 0.497 e. The Morgan fingerprint density at radius 1 is 0.442 bits per heavy atom. The molecule has 0 aliphatic carbocycles. The Morgan fingerprint density at radius 2 is 0.849 bits per heavy atom. The van der Waals surface area contributed by atoms with Crippen molar-refractivity contribution in [3.05, 3.63) is 250 Å². The molecule has 21 heteroatoms. The van der Waals surface area contributed by atoms with E-state index in [9.17, 15) is 66.0 Å². The number of hydrogen-bond acceptors (Lipinski definition) is 9. The second-order valence-electron chi connectivity index (χ2n) is 18.1. The number of carboxylic acids is 3. The van der Waals surface area contributed by atoms with Crippen molar-refractivity contribution in [2.24, 2.45) is 0 Å². The molecule has 0 saturated heterocycles. The summed E-state index contributed by atoms with van der Waals surface area (Å²) in [6, 6.07) is 51.9. The average molecular weight is 1190 g/mol. The van der Waals surface area contributed by atoms with Gasteiger partial charge in [0.2, 0.25) is 0 Å². The van der Waals surface area contributed by atoms with Crippen LogP contribution in [0.2, 0.25) is 5.02 Å². The van der Waals surface area contributed by atoms with Gasteiger partial charge in [-0.15, -0.1) is 0 Å². The van der Waals surface area contributed by atoms with Gasteiger partial charge in [-0.2, -0.15) is 13.2 Å². The van der Waals surface area contributed by atoms with Gasteiger partial charge >= 0.3 is 24.1 Å². The van der Waals surface area contributed by atoms with Crippen molar-refractivity contribution in [3.8, 4) is 50.6 Å². The van der Waals surface area contributed by atoms with E-state index in [0.29, 0.717) is 29.2 Å². The molecule has 3 amide bonds. The number of nitrogens with one attached hydrogen (secondary N) is 3. The zero-order valence-corrected chi connectivity index (χ0v) is 46.0. The van der Waals surface area contributed by atoms with Crippen LogP contribution in [0.25, 0.3) is 33.4 Å². The highest BCUT2D eigenvalue weighted by Gasteiger charge is 2.29. The molecule has 9 aromatic carbocycles. The van der Waals surface area contributed by atoms with Crippen LogP contribution >= 0.6 is 11.6 Å². The Morgan fingerprint density at radius 3 is 1.31 bits per heavy atom. The van der Waals surface area contributed by atoms with Crippen LogP contribution < -0.4 is 30.2 Å². The SMILES string of the molecule is CCOc1cccc(-c2ccc(NC(=O)c3ccccc3C(=O)O)cc2)c1.COc1cccc(-c2ccc(NC(=O)c3ccccc3C(=O)O)c(F)c2)c1.O=C(O)c1ccccc1C(=O)Nc1c(F)cc(-c2cccc(OCC(F)(F)F)c2)cc1Cl. The van der Waals surface area contributed by atoms with Crippen LogP contribution in [0, 0.1) is 11.6 Å². The molecule has 0 atom stereocenters. The van der Waals surface area contributed by atoms with Gasteiger partial charge < -0.3 is 45.5 Å². The van der Waals surface area contributed by atoms with Crippen LogP contribution in [0.4, 0.5) is 39.0 Å². The van der Waals surface area contributed by atoms with Crippen LogP contribution in [-0.2, 0) is 0 Å². The first-order valence-corrected chi connectivity index (χ1v) is 26.0. The number of rotatable bonds is 17. The van der Waals surface area contributed by atoms with E-state index in [1.807, 2.05) is 49.4 Å². The summed E-state index contributed by atoms with van der Waals surface area (Å²) in [5, 5.41) is 34.8. The van der Waals surface area contributed by atoms with Crippen molar-refractivity contribution in [2.45, 2.75) is 13.1 Å². The number of anilines is 3. The molecule has 0 bridgehead atoms. The smallest absolute Gasteiger partial charge is 0.422 e. The Bertz CT molecular complexity index is 3950. The molecule has 438 valence electrons. The Kier molecular flexibility index (Phi) is 21.1. The highest BCUT2D eigenvalue weighted by molar-refractivity contribution is 6.34. The minimum Gasteiger partial charge on any atom is -0.497 e. The van der Waals surface area contributed by atoms with Crippen LogP contribution in [0.1, 0.15) is 69.1 Å². The van der Waals surface area contributed by atoms with Gasteiger partial charge in [0.25, 0.3) is 17.7 Å². The summed E-state index contributed by atoms with van der Waals surface area (Å²) in [4.78, 5) is 71.1. The predicted octanol–water partition coefficient (Wildman–Crippen LogP) is 15.2. The monoisotopic (exact) mass is 1190 g/mol. The van der Waals surface area contributed by atoms with Crippen molar-refractivity contribution >= 4 is 64.3 Å². The molecular weight excluding hydrogens is 1150 g/mol. The molecule has 0 fully saturated rings. The minimum absolute atomic E-state index is 0.0284. The summed E-state index contributed by atoms with van der Waals surface area (Å²) < 4.78 is 81.7. The van der Waals surface area contributed by atoms with Gasteiger partial charge in [0.1, 0.15) is 28.9 Å². The predicted molar refractivity (Wildman–Crippen MR) is 314 cm³/mol. The molecule has 0 heterocycles. The molecule has 0 radical (unpaired) electrons. The van der Waals surface area contributed by atoms with Gasteiger partial charge in [-0.3, -0.25) is 14.4 Å². The first-order chi connectivity index (χ1) is 41.1. The summed E-state index contributed by atoms with van der Waals surface area (Å²) in [7, 11) is 1.55. The highest BCUT2D eigenvalue weighted by Crippen LogP contribution is 2.35. The summed E-state index contributed by atoms with van der Waals surface area (Å²) in [6.07, 6.45) is -4.51. The van der Waals surface area contributed by atoms with E-state index >= 15 is 0 Å². The lowest BCUT2D eigenvalue weighted by molar-refractivity contribution is -0.153. The summed E-state index contributed by atoms with van der Waals surface area (Å²) >= 11 is 6.13. The standard InChI is InChI=1S/C22H14ClF4NO4.C22H19NO4.C21H16FNO4/c23-17-9-13(12-4-3-5-14(8-12)32-11-22(25,26)27)10-18(24)19(17)28-20(29)15-6-1-2-7-16(15)21(30)31;1-2-27-18-7-5-6-16(14-18)15-10-12-17(13-11-15)23-21(24)19-8-3-4-9-20(19)22(25)26;1-27-15-6-4-5-13(11-15)14-9-10-19(18(22)12-14)23-20(24)16-7-2-3-8-17(16)21(25)26/h1-10H,11H2,(H,28,29)(H,30,31);3-14H,2H2,1H3,(H,23,24)(H,25,26);2-12H,1H3,(H,23,24)(H,25,26). The average Bonchev–Trinajstić information content (AvgIpc) is 2.16. The normalized spacial score (nSPS) is 10.6. The third-order valence-electron chi connectivity index (χ3n) is 12.3. The number of amides is 3. The lowest BCUT2D eigenvalue weighted by Crippen LogP contribution is -2.19. The molecular formula is C65H49ClF5N3O12. The van der Waals surface area contributed by atoms with Crippen molar-refractivity contribution in [3.63, 3.8) is 0 Å². The van der Waals surface area contributed by atoms with Gasteiger partial charge in [-0.1, -0.05) is 103 Å². The Hall–Kier alpha value is -10.9. The molecule has 15 nitrogen and oxygen atoms in total. The number of carboxylic acid groups (broad SMARTS) is 3. The number of carbonyl (C=O) groups excluding carboxylic acids is 3. The number of carbonyl (C=O) groups is 6. The fourth-order valence-electron chi connectivity index (χ4n) is 8.24. The van der Waals surface area contributed by atoms with E-state index in [1.54, 1.807) is 61.7 Å². The van der Waals surface area contributed by atoms with Crippen LogP contribution in [0.3, 0.4) is 0 Å². The van der Waals surface area contributed by atoms with Crippen molar-refractivity contribution in [2.75, 3.05) is 36.3 Å². The third-order valence-corrected chi connectivity index (χ3v) is 12.6. The minimum atomic E-state index is -4.51. The number of benzene rings is 9. The van der Waals surface area contributed by atoms with E-state index in [4.69, 9.17) is 25.8 Å². The van der Waals surface area contributed by atoms with Crippen LogP contribution in [-0.4, -0.2) is 77.4 Å². The van der Waals surface area contributed by atoms with Crippen molar-refractivity contribution in [1.82, 2.24) is 0 Å². The number of hydrogen-bond donors (Lipinski definition) is 6. The second-order valence-corrected chi connectivity index (χ2v) is 18.5. The first-order valence-electron chi connectivity index (χ1n) is 25.6. The second kappa shape index (κ2) is 28.9. The zero-order valence-electron chi connectivity index (χ0n) is 45.3. The lowest BCUT2D eigenvalue weighted by atomic mass is 10.0. The van der Waals surface area contributed by atoms with Gasteiger partial charge in [-0.05, 0) is 149 Å². The maximum absolute atomic E-state index is 14.7. The number of methoxy groups -OCH3 is 1. The maximum atomic E-state index is 14.7. The first kappa shape index (κ1) is 62.7. The Balaban J connectivity index is 0.000000185. The van der Waals surface area contributed by atoms with Gasteiger partial charge in [-0.25, -0.2) is 23.2 Å². The molecule has 9 rings (SSSR count). The van der Waals surface area contributed by atoms with E-state index in [2.05, 4.69) is 16.0 Å². The molecule has 0 unspecified atom stereocenters. The molecule has 0 aliphatic heterocycles. The molecule has 6 N–H and O–H groups in total. The fourth-order valence-corrected chi connectivity index (χ4v) is 8.49. The molecule has 0 spiro atoms. The fraction of sp³-hybridized carbons (Fsp3) is 0.0769. The van der Waals surface area contributed by atoms with Crippen LogP contribution in [0.5, 0.6) is 17.2 Å². The third kappa shape index (κ3) is 16.9. The maximum Gasteiger partial charge on any atom is 0.422 e. The number of ether oxygens (including phenoxy) is 3. The van der Waals surface area contributed by atoms with Crippen LogP contribution in [0.15, 0.2) is 200 Å². The van der Waals surface area contributed by atoms with Crippen molar-refractivity contribution < 1.29 is 80.2 Å². The molecule has 86 heavy (non-hydrogen) atoms. The van der Waals surface area contributed by atoms with E-state index in [1.165, 1.54) is 97.1 Å².